The van der Waals surface area contributed by atoms with Gasteiger partial charge in [0.15, 0.2) is 11.6 Å². The quantitative estimate of drug-likeness (QED) is 0.543. The van der Waals surface area contributed by atoms with Gasteiger partial charge in [0, 0.05) is 5.92 Å². The molecule has 0 unspecified atom stereocenters. The summed E-state index contributed by atoms with van der Waals surface area (Å²) in [5.74, 6) is 2.22. The van der Waals surface area contributed by atoms with Crippen molar-refractivity contribution in [2.75, 3.05) is 0 Å². The van der Waals surface area contributed by atoms with Crippen LogP contribution in [-0.4, -0.2) is 31.5 Å². The third kappa shape index (κ3) is 3.53. The predicted molar refractivity (Wildman–Crippen MR) is 133 cm³/mol. The van der Waals surface area contributed by atoms with Crippen LogP contribution in [0.4, 0.5) is 4.39 Å². The molecule has 2 aromatic rings. The first kappa shape index (κ1) is 23.8. The molecule has 4 aliphatic carbocycles. The topological polar surface area (TPSA) is 68.0 Å². The van der Waals surface area contributed by atoms with Crippen molar-refractivity contribution >= 4 is 28.4 Å². The van der Waals surface area contributed by atoms with Crippen LogP contribution in [0.25, 0.3) is 11.0 Å². The van der Waals surface area contributed by atoms with E-state index in [-0.39, 0.29) is 34.2 Å². The van der Waals surface area contributed by atoms with Crippen LogP contribution in [0, 0.1) is 46.2 Å². The number of aliphatic hydroxyl groups is 1. The van der Waals surface area contributed by atoms with Gasteiger partial charge >= 0.3 is 0 Å². The van der Waals surface area contributed by atoms with Crippen LogP contribution in [0.2, 0.25) is 5.02 Å². The second-order valence-corrected chi connectivity index (χ2v) is 13.4. The number of fused-ring (bicyclic) bond motifs is 6. The molecule has 0 amide bonds. The van der Waals surface area contributed by atoms with Crippen LogP contribution in [0.3, 0.4) is 0 Å². The Balaban J connectivity index is 1.22. The molecule has 0 saturated heterocycles. The molecule has 0 aliphatic heterocycles. The summed E-state index contributed by atoms with van der Waals surface area (Å²) >= 11 is 5.89. The van der Waals surface area contributed by atoms with E-state index in [0.29, 0.717) is 34.6 Å². The highest BCUT2D eigenvalue weighted by Crippen LogP contribution is 2.68. The third-order valence-corrected chi connectivity index (χ3v) is 11.5. The molecule has 0 radical (unpaired) electrons. The fourth-order valence-electron chi connectivity index (χ4n) is 9.31. The molecule has 1 aromatic heterocycles. The maximum absolute atomic E-state index is 14.3. The molecule has 1 aromatic carbocycles. The fraction of sp³-hybridized carbons (Fsp3) is 0.750. The third-order valence-electron chi connectivity index (χ3n) is 11.2. The lowest BCUT2D eigenvalue weighted by Crippen LogP contribution is -2.55. The molecule has 35 heavy (non-hydrogen) atoms. The molecule has 6 rings (SSSR count). The zero-order chi connectivity index (χ0) is 24.8. The Bertz CT molecular complexity index is 1180. The monoisotopic (exact) mass is 501 g/mol. The van der Waals surface area contributed by atoms with E-state index in [9.17, 15) is 14.3 Å². The van der Waals surface area contributed by atoms with Gasteiger partial charge in [0.25, 0.3) is 0 Å². The molecule has 8 atom stereocenters. The number of halogens is 2. The van der Waals surface area contributed by atoms with Crippen molar-refractivity contribution < 1.29 is 14.3 Å². The van der Waals surface area contributed by atoms with Gasteiger partial charge in [0.1, 0.15) is 12.1 Å². The van der Waals surface area contributed by atoms with E-state index < -0.39 is 11.4 Å². The summed E-state index contributed by atoms with van der Waals surface area (Å²) in [6, 6.07) is 3.19. The van der Waals surface area contributed by atoms with Crippen LogP contribution in [0.1, 0.15) is 78.6 Å². The van der Waals surface area contributed by atoms with E-state index in [0.717, 1.165) is 38.5 Å². The van der Waals surface area contributed by atoms with Gasteiger partial charge in [-0.05, 0) is 111 Å². The molecule has 190 valence electrons. The Kier molecular flexibility index (Phi) is 5.44. The molecule has 4 aliphatic rings. The number of carbonyl (C=O) groups is 1. The van der Waals surface area contributed by atoms with Gasteiger partial charge in [-0.3, -0.25) is 4.79 Å². The maximum Gasteiger partial charge on any atom is 0.171 e. The molecule has 1 N–H and O–H groups in total. The van der Waals surface area contributed by atoms with Crippen LogP contribution >= 0.6 is 11.6 Å². The lowest BCUT2D eigenvalue weighted by molar-refractivity contribution is -0.151. The first-order valence-electron chi connectivity index (χ1n) is 13.5. The molecule has 0 bridgehead atoms. The SMILES string of the molecule is C[C@@]1(O)CC[C@@]2(C)[C@H](CC[C@@H]3[C@@H]2CC[C@]2(C)[C@@H](C(=O)Cn4nnc5c(F)c(Cl)ccc54)CC[C@@H]32)C1. The molecular weight excluding hydrogens is 465 g/mol. The van der Waals surface area contributed by atoms with Crippen LogP contribution in [0.5, 0.6) is 0 Å². The lowest BCUT2D eigenvalue weighted by atomic mass is 9.44. The van der Waals surface area contributed by atoms with Crippen molar-refractivity contribution in [2.24, 2.45) is 40.4 Å². The first-order chi connectivity index (χ1) is 16.5. The Morgan fingerprint density at radius 3 is 2.66 bits per heavy atom. The minimum absolute atomic E-state index is 0.0162. The number of Topliss-reactive ketones (excluding diaryl/α,β-unsaturated/α-hetero) is 1. The summed E-state index contributed by atoms with van der Waals surface area (Å²) in [6.45, 7) is 7.02. The van der Waals surface area contributed by atoms with Gasteiger partial charge in [-0.1, -0.05) is 30.7 Å². The highest BCUT2D eigenvalue weighted by molar-refractivity contribution is 6.31. The summed E-state index contributed by atoms with van der Waals surface area (Å²) in [5, 5.41) is 18.8. The molecule has 4 fully saturated rings. The zero-order valence-corrected chi connectivity index (χ0v) is 21.8. The highest BCUT2D eigenvalue weighted by Gasteiger charge is 2.61. The summed E-state index contributed by atoms with van der Waals surface area (Å²) in [7, 11) is 0. The summed E-state index contributed by atoms with van der Waals surface area (Å²) < 4.78 is 15.9. The standard InChI is InChI=1S/C28H37ClFN3O2/c1-26(35)12-13-27(2)16(14-26)4-5-17-18-6-7-20(28(18,3)11-10-19(17)27)23(34)15-33-22-9-8-21(29)24(30)25(22)31-32-33/h8-9,16-20,35H,4-7,10-15H2,1-3H3/t16-,17+,18+,19+,20-,26-,27+,28+/m1/s1. The smallest absolute Gasteiger partial charge is 0.171 e. The Morgan fingerprint density at radius 2 is 1.86 bits per heavy atom. The van der Waals surface area contributed by atoms with Crippen LogP contribution in [0.15, 0.2) is 12.1 Å². The number of carbonyl (C=O) groups excluding carboxylic acids is 1. The van der Waals surface area contributed by atoms with Gasteiger partial charge in [-0.2, -0.15) is 0 Å². The summed E-state index contributed by atoms with van der Waals surface area (Å²) in [4.78, 5) is 13.7. The van der Waals surface area contributed by atoms with Gasteiger partial charge in [0.2, 0.25) is 0 Å². The van der Waals surface area contributed by atoms with E-state index in [2.05, 4.69) is 24.2 Å². The number of benzene rings is 1. The predicted octanol–water partition coefficient (Wildman–Crippen LogP) is 6.20. The first-order valence-corrected chi connectivity index (χ1v) is 13.8. The van der Waals surface area contributed by atoms with Crippen LogP contribution < -0.4 is 0 Å². The van der Waals surface area contributed by atoms with Gasteiger partial charge in [-0.15, -0.1) is 5.10 Å². The number of hydrogen-bond acceptors (Lipinski definition) is 4. The van der Waals surface area contributed by atoms with Gasteiger partial charge < -0.3 is 5.11 Å². The molecule has 4 saturated carbocycles. The Hall–Kier alpha value is -1.53. The number of hydrogen-bond donors (Lipinski definition) is 1. The largest absolute Gasteiger partial charge is 0.390 e. The van der Waals surface area contributed by atoms with E-state index in [1.54, 1.807) is 10.7 Å². The van der Waals surface area contributed by atoms with Crippen molar-refractivity contribution in [1.29, 1.82) is 0 Å². The number of rotatable bonds is 3. The summed E-state index contributed by atoms with van der Waals surface area (Å²) in [6.07, 6.45) is 9.74. The second-order valence-electron chi connectivity index (χ2n) is 13.0. The van der Waals surface area contributed by atoms with Crippen molar-refractivity contribution in [3.05, 3.63) is 23.0 Å². The van der Waals surface area contributed by atoms with Gasteiger partial charge in [0.05, 0.1) is 16.1 Å². The highest BCUT2D eigenvalue weighted by atomic mass is 35.5. The van der Waals surface area contributed by atoms with E-state index in [1.807, 2.05) is 6.92 Å². The van der Waals surface area contributed by atoms with E-state index in [4.69, 9.17) is 11.6 Å². The lowest BCUT2D eigenvalue weighted by Gasteiger charge is -2.61. The fourth-order valence-corrected chi connectivity index (χ4v) is 9.47. The Morgan fingerprint density at radius 1 is 1.09 bits per heavy atom. The number of aromatic nitrogens is 3. The zero-order valence-electron chi connectivity index (χ0n) is 21.1. The van der Waals surface area contributed by atoms with E-state index in [1.165, 1.54) is 25.3 Å². The molecular formula is C28H37ClFN3O2. The normalized spacial score (nSPS) is 43.0. The van der Waals surface area contributed by atoms with Crippen molar-refractivity contribution in [3.63, 3.8) is 0 Å². The number of ketones is 1. The average Bonchev–Trinajstić information content (AvgIpc) is 3.37. The average molecular weight is 502 g/mol. The minimum Gasteiger partial charge on any atom is -0.390 e. The van der Waals surface area contributed by atoms with E-state index >= 15 is 0 Å². The van der Waals surface area contributed by atoms with Crippen molar-refractivity contribution in [3.8, 4) is 0 Å². The molecule has 0 spiro atoms. The Labute approximate surface area is 211 Å². The maximum atomic E-state index is 14.3. The summed E-state index contributed by atoms with van der Waals surface area (Å²) in [5.41, 5.74) is 0.470. The van der Waals surface area contributed by atoms with Crippen molar-refractivity contribution in [1.82, 2.24) is 15.0 Å². The molecule has 7 heteroatoms. The molecule has 1 heterocycles. The number of nitrogens with zero attached hydrogens (tertiary/aromatic N) is 3. The minimum atomic E-state index is -0.581. The van der Waals surface area contributed by atoms with Gasteiger partial charge in [-0.25, -0.2) is 9.07 Å². The second kappa shape index (κ2) is 7.98. The van der Waals surface area contributed by atoms with Crippen molar-refractivity contribution in [2.45, 2.75) is 90.7 Å². The van der Waals surface area contributed by atoms with Crippen LogP contribution in [-0.2, 0) is 11.3 Å². The molecule has 5 nitrogen and oxygen atoms in total.